The van der Waals surface area contributed by atoms with Gasteiger partial charge in [-0.2, -0.15) is 0 Å². The van der Waals surface area contributed by atoms with Gasteiger partial charge in [-0.05, 0) is 43.7 Å². The Hall–Kier alpha value is -0.860. The summed E-state index contributed by atoms with van der Waals surface area (Å²) in [7, 11) is 0. The van der Waals surface area contributed by atoms with Crippen molar-refractivity contribution in [3.8, 4) is 0 Å². The molecule has 1 aromatic rings. The molecular formula is C16H25NO. The third kappa shape index (κ3) is 4.43. The number of rotatable bonds is 6. The predicted octanol–water partition coefficient (Wildman–Crippen LogP) is 3.02. The van der Waals surface area contributed by atoms with E-state index in [-0.39, 0.29) is 0 Å². The molecule has 0 aromatic heterocycles. The number of benzene rings is 1. The van der Waals surface area contributed by atoms with Crippen molar-refractivity contribution >= 4 is 0 Å². The molecule has 2 nitrogen and oxygen atoms in total. The normalized spacial score (nSPS) is 18.7. The maximum atomic E-state index is 5.44. The Bertz CT molecular complexity index is 319. The van der Waals surface area contributed by atoms with Crippen molar-refractivity contribution in [3.05, 3.63) is 35.9 Å². The highest BCUT2D eigenvalue weighted by Crippen LogP contribution is 2.21. The van der Waals surface area contributed by atoms with Gasteiger partial charge in [-0.15, -0.1) is 0 Å². The van der Waals surface area contributed by atoms with Crippen LogP contribution in [-0.2, 0) is 11.2 Å². The van der Waals surface area contributed by atoms with Crippen molar-refractivity contribution in [2.24, 2.45) is 5.92 Å². The van der Waals surface area contributed by atoms with E-state index < -0.39 is 0 Å². The Morgan fingerprint density at radius 3 is 2.61 bits per heavy atom. The molecule has 0 radical (unpaired) electrons. The minimum atomic E-state index is 0.612. The molecule has 1 aliphatic rings. The van der Waals surface area contributed by atoms with E-state index in [1.165, 1.54) is 24.8 Å². The lowest BCUT2D eigenvalue weighted by Gasteiger charge is -2.27. The fourth-order valence-corrected chi connectivity index (χ4v) is 2.81. The first-order valence-corrected chi connectivity index (χ1v) is 7.23. The highest BCUT2D eigenvalue weighted by molar-refractivity contribution is 5.15. The fraction of sp³-hybridized carbons (Fsp3) is 0.625. The Morgan fingerprint density at radius 2 is 1.94 bits per heavy atom. The van der Waals surface area contributed by atoms with Crippen molar-refractivity contribution < 1.29 is 4.74 Å². The number of hydrogen-bond acceptors (Lipinski definition) is 2. The van der Waals surface area contributed by atoms with Gasteiger partial charge in [0.05, 0.1) is 0 Å². The minimum Gasteiger partial charge on any atom is -0.381 e. The van der Waals surface area contributed by atoms with Crippen molar-refractivity contribution in [3.63, 3.8) is 0 Å². The molecule has 0 aliphatic carbocycles. The highest BCUT2D eigenvalue weighted by Gasteiger charge is 2.18. The average molecular weight is 247 g/mol. The van der Waals surface area contributed by atoms with Crippen LogP contribution in [0.4, 0.5) is 0 Å². The van der Waals surface area contributed by atoms with Gasteiger partial charge in [0.15, 0.2) is 0 Å². The van der Waals surface area contributed by atoms with Gasteiger partial charge in [-0.3, -0.25) is 0 Å². The first kappa shape index (κ1) is 13.6. The monoisotopic (exact) mass is 247 g/mol. The first-order chi connectivity index (χ1) is 8.88. The van der Waals surface area contributed by atoms with E-state index in [0.717, 1.165) is 32.1 Å². The van der Waals surface area contributed by atoms with Crippen LogP contribution in [0.25, 0.3) is 0 Å². The van der Waals surface area contributed by atoms with Crippen LogP contribution in [0.15, 0.2) is 30.3 Å². The van der Waals surface area contributed by atoms with Crippen molar-refractivity contribution in [1.82, 2.24) is 5.32 Å². The van der Waals surface area contributed by atoms with E-state index in [1.807, 2.05) is 0 Å². The quantitative estimate of drug-likeness (QED) is 0.834. The zero-order valence-corrected chi connectivity index (χ0v) is 11.4. The molecule has 2 rings (SSSR count). The van der Waals surface area contributed by atoms with Gasteiger partial charge >= 0.3 is 0 Å². The standard InChI is InChI=1S/C16H25NO/c1-2-17-16(12-14-6-4-3-5-7-14)13-15-8-10-18-11-9-15/h3-7,15-17H,2,8-13H2,1H3. The van der Waals surface area contributed by atoms with Gasteiger partial charge in [0.2, 0.25) is 0 Å². The second-order valence-electron chi connectivity index (χ2n) is 5.24. The van der Waals surface area contributed by atoms with Crippen LogP contribution in [0.3, 0.4) is 0 Å². The molecule has 100 valence electrons. The van der Waals surface area contributed by atoms with Gasteiger partial charge in [0.25, 0.3) is 0 Å². The molecule has 1 heterocycles. The first-order valence-electron chi connectivity index (χ1n) is 7.23. The predicted molar refractivity (Wildman–Crippen MR) is 75.8 cm³/mol. The van der Waals surface area contributed by atoms with Crippen molar-refractivity contribution in [2.45, 2.75) is 38.6 Å². The second kappa shape index (κ2) is 7.55. The average Bonchev–Trinajstić information content (AvgIpc) is 2.41. The summed E-state index contributed by atoms with van der Waals surface area (Å²) in [5.74, 6) is 0.839. The number of nitrogens with one attached hydrogen (secondary N) is 1. The van der Waals surface area contributed by atoms with Crippen LogP contribution in [-0.4, -0.2) is 25.8 Å². The van der Waals surface area contributed by atoms with E-state index in [4.69, 9.17) is 4.74 Å². The second-order valence-corrected chi connectivity index (χ2v) is 5.24. The van der Waals surface area contributed by atoms with Crippen LogP contribution >= 0.6 is 0 Å². The molecule has 1 N–H and O–H groups in total. The lowest BCUT2D eigenvalue weighted by molar-refractivity contribution is 0.0606. The van der Waals surface area contributed by atoms with E-state index in [1.54, 1.807) is 0 Å². The maximum Gasteiger partial charge on any atom is 0.0468 e. The zero-order valence-electron chi connectivity index (χ0n) is 11.4. The molecule has 1 fully saturated rings. The number of ether oxygens (including phenoxy) is 1. The molecule has 0 saturated carbocycles. The van der Waals surface area contributed by atoms with Crippen LogP contribution in [0.5, 0.6) is 0 Å². The summed E-state index contributed by atoms with van der Waals surface area (Å²) < 4.78 is 5.44. The van der Waals surface area contributed by atoms with Crippen LogP contribution in [0.2, 0.25) is 0 Å². The summed E-state index contributed by atoms with van der Waals surface area (Å²) in [6, 6.07) is 11.4. The van der Waals surface area contributed by atoms with Gasteiger partial charge in [0, 0.05) is 19.3 Å². The smallest absolute Gasteiger partial charge is 0.0468 e. The van der Waals surface area contributed by atoms with Crippen LogP contribution in [0, 0.1) is 5.92 Å². The van der Waals surface area contributed by atoms with Crippen LogP contribution < -0.4 is 5.32 Å². The molecule has 1 aromatic carbocycles. The minimum absolute atomic E-state index is 0.612. The third-order valence-corrected chi connectivity index (χ3v) is 3.78. The zero-order chi connectivity index (χ0) is 12.6. The summed E-state index contributed by atoms with van der Waals surface area (Å²) in [6.07, 6.45) is 4.89. The lowest BCUT2D eigenvalue weighted by atomic mass is 9.90. The molecule has 1 aliphatic heterocycles. The van der Waals surface area contributed by atoms with Crippen LogP contribution in [0.1, 0.15) is 31.7 Å². The third-order valence-electron chi connectivity index (χ3n) is 3.78. The molecule has 0 amide bonds. The molecule has 1 saturated heterocycles. The molecule has 18 heavy (non-hydrogen) atoms. The van der Waals surface area contributed by atoms with Crippen molar-refractivity contribution in [1.29, 1.82) is 0 Å². The van der Waals surface area contributed by atoms with Gasteiger partial charge < -0.3 is 10.1 Å². The highest BCUT2D eigenvalue weighted by atomic mass is 16.5. The van der Waals surface area contributed by atoms with Gasteiger partial charge in [-0.25, -0.2) is 0 Å². The molecule has 1 atom stereocenters. The Balaban J connectivity index is 1.86. The Kier molecular flexibility index (Phi) is 5.69. The lowest BCUT2D eigenvalue weighted by Crippen LogP contribution is -2.34. The Morgan fingerprint density at radius 1 is 1.22 bits per heavy atom. The van der Waals surface area contributed by atoms with Gasteiger partial charge in [-0.1, -0.05) is 37.3 Å². The number of likely N-dealkylation sites (N-methyl/N-ethyl adjacent to an activating group) is 1. The van der Waals surface area contributed by atoms with E-state index >= 15 is 0 Å². The molecule has 1 unspecified atom stereocenters. The fourth-order valence-electron chi connectivity index (χ4n) is 2.81. The van der Waals surface area contributed by atoms with E-state index in [0.29, 0.717) is 6.04 Å². The molecule has 0 bridgehead atoms. The number of hydrogen-bond donors (Lipinski definition) is 1. The SMILES string of the molecule is CCNC(Cc1ccccc1)CC1CCOCC1. The summed E-state index contributed by atoms with van der Waals surface area (Å²) >= 11 is 0. The van der Waals surface area contributed by atoms with Crippen molar-refractivity contribution in [2.75, 3.05) is 19.8 Å². The largest absolute Gasteiger partial charge is 0.381 e. The summed E-state index contributed by atoms with van der Waals surface area (Å²) in [5, 5.41) is 3.64. The summed E-state index contributed by atoms with van der Waals surface area (Å²) in [5.41, 5.74) is 1.44. The van der Waals surface area contributed by atoms with Gasteiger partial charge in [0.1, 0.15) is 0 Å². The molecule has 2 heteroatoms. The Labute approximate surface area is 111 Å². The summed E-state index contributed by atoms with van der Waals surface area (Å²) in [4.78, 5) is 0. The summed E-state index contributed by atoms with van der Waals surface area (Å²) in [6.45, 7) is 5.16. The van der Waals surface area contributed by atoms with E-state index in [9.17, 15) is 0 Å². The van der Waals surface area contributed by atoms with E-state index in [2.05, 4.69) is 42.6 Å². The maximum absolute atomic E-state index is 5.44. The molecule has 0 spiro atoms. The molecular weight excluding hydrogens is 222 g/mol. The topological polar surface area (TPSA) is 21.3 Å².